The van der Waals surface area contributed by atoms with Crippen molar-refractivity contribution in [3.63, 3.8) is 0 Å². The van der Waals surface area contributed by atoms with Gasteiger partial charge in [0.15, 0.2) is 11.5 Å². The molecule has 3 N–H and O–H groups in total. The van der Waals surface area contributed by atoms with Gasteiger partial charge in [-0.15, -0.1) is 0 Å². The van der Waals surface area contributed by atoms with Crippen molar-refractivity contribution in [2.24, 2.45) is 5.73 Å². The van der Waals surface area contributed by atoms with Gasteiger partial charge in [-0.25, -0.2) is 15.0 Å². The number of fused-ring (bicyclic) bond motifs is 1. The third kappa shape index (κ3) is 2.39. The minimum Gasteiger partial charge on any atom is -0.497 e. The Hall–Kier alpha value is -2.67. The zero-order valence-electron chi connectivity index (χ0n) is 12.8. The number of H-pyrrole nitrogens is 1. The Labute approximate surface area is 133 Å². The van der Waals surface area contributed by atoms with Crippen LogP contribution in [0.5, 0.6) is 5.75 Å². The van der Waals surface area contributed by atoms with Crippen LogP contribution in [-0.2, 0) is 0 Å². The third-order valence-corrected chi connectivity index (χ3v) is 4.39. The van der Waals surface area contributed by atoms with Crippen molar-refractivity contribution < 1.29 is 4.74 Å². The van der Waals surface area contributed by atoms with E-state index in [0.717, 1.165) is 30.2 Å². The van der Waals surface area contributed by atoms with E-state index in [2.05, 4.69) is 37.0 Å². The number of nitrogens with two attached hydrogens (primary N) is 1. The number of imidazole rings is 1. The summed E-state index contributed by atoms with van der Waals surface area (Å²) in [6.45, 7) is 1.55. The van der Waals surface area contributed by atoms with Crippen LogP contribution in [0.1, 0.15) is 11.5 Å². The standard InChI is InChI=1S/C16H18N6O/c1-23-11-4-2-3-10(5-11)12-6-22(7-13(12)17)16-14-15(19-8-18-14)20-9-21-16/h2-5,8-9,12-13H,6-7,17H2,1H3,(H,18,19,20,21)/t12-,13+/m0/s1. The second-order valence-electron chi connectivity index (χ2n) is 5.75. The van der Waals surface area contributed by atoms with Crippen LogP contribution in [0.25, 0.3) is 11.2 Å². The van der Waals surface area contributed by atoms with Crippen LogP contribution in [0.15, 0.2) is 36.9 Å². The molecule has 0 unspecified atom stereocenters. The summed E-state index contributed by atoms with van der Waals surface area (Å²) < 4.78 is 5.32. The first-order chi connectivity index (χ1) is 11.3. The van der Waals surface area contributed by atoms with E-state index in [1.165, 1.54) is 5.56 Å². The maximum Gasteiger partial charge on any atom is 0.182 e. The van der Waals surface area contributed by atoms with Crippen molar-refractivity contribution in [1.82, 2.24) is 19.9 Å². The molecule has 118 valence electrons. The van der Waals surface area contributed by atoms with Crippen LogP contribution >= 0.6 is 0 Å². The van der Waals surface area contributed by atoms with Gasteiger partial charge in [0.2, 0.25) is 0 Å². The molecule has 2 aromatic heterocycles. The van der Waals surface area contributed by atoms with E-state index < -0.39 is 0 Å². The lowest BCUT2D eigenvalue weighted by molar-refractivity contribution is 0.413. The van der Waals surface area contributed by atoms with Crippen molar-refractivity contribution in [2.75, 3.05) is 25.1 Å². The summed E-state index contributed by atoms with van der Waals surface area (Å²) in [5.41, 5.74) is 9.11. The Balaban J connectivity index is 1.65. The highest BCUT2D eigenvalue weighted by molar-refractivity contribution is 5.82. The maximum absolute atomic E-state index is 6.40. The highest BCUT2D eigenvalue weighted by atomic mass is 16.5. The number of benzene rings is 1. The molecule has 0 saturated carbocycles. The molecule has 4 rings (SSSR count). The fourth-order valence-corrected chi connectivity index (χ4v) is 3.22. The number of nitrogens with one attached hydrogen (secondary N) is 1. The molecule has 0 amide bonds. The number of rotatable bonds is 3. The maximum atomic E-state index is 6.40. The number of aromatic nitrogens is 4. The summed E-state index contributed by atoms with van der Waals surface area (Å²) in [6.07, 6.45) is 3.18. The van der Waals surface area contributed by atoms with Crippen molar-refractivity contribution in [3.05, 3.63) is 42.5 Å². The number of anilines is 1. The van der Waals surface area contributed by atoms with Gasteiger partial charge in [0.25, 0.3) is 0 Å². The first-order valence-corrected chi connectivity index (χ1v) is 7.55. The predicted molar refractivity (Wildman–Crippen MR) is 87.6 cm³/mol. The summed E-state index contributed by atoms with van der Waals surface area (Å²) in [6, 6.07) is 8.14. The zero-order chi connectivity index (χ0) is 15.8. The summed E-state index contributed by atoms with van der Waals surface area (Å²) >= 11 is 0. The van der Waals surface area contributed by atoms with Crippen LogP contribution in [-0.4, -0.2) is 46.2 Å². The Kier molecular flexibility index (Phi) is 3.34. The summed E-state index contributed by atoms with van der Waals surface area (Å²) in [5, 5.41) is 0. The topological polar surface area (TPSA) is 93.0 Å². The second-order valence-corrected chi connectivity index (χ2v) is 5.75. The molecule has 0 spiro atoms. The Morgan fingerprint density at radius 3 is 3.04 bits per heavy atom. The van der Waals surface area contributed by atoms with Crippen LogP contribution in [0, 0.1) is 0 Å². The average molecular weight is 310 g/mol. The van der Waals surface area contributed by atoms with Crippen molar-refractivity contribution in [1.29, 1.82) is 0 Å². The summed E-state index contributed by atoms with van der Waals surface area (Å²) in [4.78, 5) is 18.1. The van der Waals surface area contributed by atoms with E-state index in [0.29, 0.717) is 5.65 Å². The average Bonchev–Trinajstić information content (AvgIpc) is 3.21. The largest absolute Gasteiger partial charge is 0.497 e. The van der Waals surface area contributed by atoms with E-state index >= 15 is 0 Å². The monoisotopic (exact) mass is 310 g/mol. The number of aromatic amines is 1. The van der Waals surface area contributed by atoms with Gasteiger partial charge < -0.3 is 20.4 Å². The smallest absolute Gasteiger partial charge is 0.182 e. The molecule has 0 radical (unpaired) electrons. The van der Waals surface area contributed by atoms with E-state index in [4.69, 9.17) is 10.5 Å². The molecule has 2 atom stereocenters. The minimum absolute atomic E-state index is 0.0371. The van der Waals surface area contributed by atoms with Gasteiger partial charge in [-0.1, -0.05) is 12.1 Å². The molecule has 0 aliphatic carbocycles. The molecule has 23 heavy (non-hydrogen) atoms. The lowest BCUT2D eigenvalue weighted by Crippen LogP contribution is -2.29. The van der Waals surface area contributed by atoms with Crippen LogP contribution < -0.4 is 15.4 Å². The van der Waals surface area contributed by atoms with Gasteiger partial charge in [0.1, 0.15) is 17.6 Å². The van der Waals surface area contributed by atoms with Crippen LogP contribution in [0.4, 0.5) is 5.82 Å². The summed E-state index contributed by atoms with van der Waals surface area (Å²) in [5.74, 6) is 1.94. The quantitative estimate of drug-likeness (QED) is 0.757. The fourth-order valence-electron chi connectivity index (χ4n) is 3.22. The Morgan fingerprint density at radius 2 is 2.17 bits per heavy atom. The van der Waals surface area contributed by atoms with E-state index in [9.17, 15) is 0 Å². The van der Waals surface area contributed by atoms with Crippen LogP contribution in [0.2, 0.25) is 0 Å². The molecule has 1 saturated heterocycles. The first-order valence-electron chi connectivity index (χ1n) is 7.55. The van der Waals surface area contributed by atoms with Gasteiger partial charge in [-0.2, -0.15) is 0 Å². The van der Waals surface area contributed by atoms with E-state index in [-0.39, 0.29) is 12.0 Å². The number of hydrogen-bond acceptors (Lipinski definition) is 6. The molecule has 3 heterocycles. The molecule has 1 aromatic carbocycles. The molecule has 1 aliphatic rings. The van der Waals surface area contributed by atoms with Gasteiger partial charge in [0.05, 0.1) is 13.4 Å². The van der Waals surface area contributed by atoms with Crippen molar-refractivity contribution in [2.45, 2.75) is 12.0 Å². The molecule has 0 bridgehead atoms. The molecular formula is C16H18N6O. The fraction of sp³-hybridized carbons (Fsp3) is 0.312. The normalized spacial score (nSPS) is 21.0. The van der Waals surface area contributed by atoms with E-state index in [1.807, 2.05) is 12.1 Å². The lowest BCUT2D eigenvalue weighted by atomic mass is 9.95. The minimum atomic E-state index is 0.0371. The number of hydrogen-bond donors (Lipinski definition) is 2. The van der Waals surface area contributed by atoms with Crippen molar-refractivity contribution >= 4 is 17.0 Å². The Bertz CT molecular complexity index is 832. The first kappa shape index (κ1) is 14.0. The number of nitrogens with zero attached hydrogens (tertiary/aromatic N) is 4. The second kappa shape index (κ2) is 5.51. The highest BCUT2D eigenvalue weighted by Crippen LogP contribution is 2.32. The van der Waals surface area contributed by atoms with Gasteiger partial charge in [-0.3, -0.25) is 0 Å². The van der Waals surface area contributed by atoms with Crippen molar-refractivity contribution in [3.8, 4) is 5.75 Å². The molecule has 3 aromatic rings. The summed E-state index contributed by atoms with van der Waals surface area (Å²) in [7, 11) is 1.68. The molecular weight excluding hydrogens is 292 g/mol. The molecule has 1 aliphatic heterocycles. The van der Waals surface area contributed by atoms with Crippen LogP contribution in [0.3, 0.4) is 0 Å². The lowest BCUT2D eigenvalue weighted by Gasteiger charge is -2.17. The third-order valence-electron chi connectivity index (χ3n) is 4.39. The van der Waals surface area contributed by atoms with Gasteiger partial charge in [-0.05, 0) is 17.7 Å². The van der Waals surface area contributed by atoms with Gasteiger partial charge >= 0.3 is 0 Å². The highest BCUT2D eigenvalue weighted by Gasteiger charge is 2.33. The van der Waals surface area contributed by atoms with Gasteiger partial charge in [0, 0.05) is 25.0 Å². The SMILES string of the molecule is COc1cccc([C@@H]2CN(c3ncnc4nc[nH]c34)C[C@H]2N)c1. The van der Waals surface area contributed by atoms with E-state index in [1.54, 1.807) is 19.8 Å². The number of methoxy groups -OCH3 is 1. The number of ether oxygens (including phenoxy) is 1. The zero-order valence-corrected chi connectivity index (χ0v) is 12.8. The molecule has 1 fully saturated rings. The molecule has 7 nitrogen and oxygen atoms in total. The predicted octanol–water partition coefficient (Wildman–Crippen LogP) is 1.29. The molecule has 7 heteroatoms. The Morgan fingerprint density at radius 1 is 1.26 bits per heavy atom.